The number of aryl methyl sites for hydroxylation is 2. The minimum atomic E-state index is 0.574. The van der Waals surface area contributed by atoms with E-state index < -0.39 is 0 Å². The number of rotatable bonds is 5. The van der Waals surface area contributed by atoms with Crippen LogP contribution in [0.5, 0.6) is 0 Å². The summed E-state index contributed by atoms with van der Waals surface area (Å²) < 4.78 is 1.95. The van der Waals surface area contributed by atoms with Crippen molar-refractivity contribution in [3.05, 3.63) is 41.2 Å². The van der Waals surface area contributed by atoms with E-state index >= 15 is 0 Å². The second-order valence-electron chi connectivity index (χ2n) is 5.47. The molecular weight excluding hydrogens is 246 g/mol. The highest BCUT2D eigenvalue weighted by atomic mass is 15.3. The van der Waals surface area contributed by atoms with E-state index in [0.29, 0.717) is 5.92 Å². The largest absolute Gasteiger partial charge is 0.330 e. The van der Waals surface area contributed by atoms with Crippen molar-refractivity contribution < 1.29 is 0 Å². The standard InChI is InChI=1S/C17H25N3/c1-5-14(10-11-18)15-6-8-16(9-7-15)17-12(2)19-20(4)13(17)3/h6-9,14H,5,10-11,18H2,1-4H3. The van der Waals surface area contributed by atoms with E-state index in [2.05, 4.69) is 50.1 Å². The molecule has 2 N–H and O–H groups in total. The van der Waals surface area contributed by atoms with Gasteiger partial charge in [-0.25, -0.2) is 0 Å². The van der Waals surface area contributed by atoms with Gasteiger partial charge in [0.25, 0.3) is 0 Å². The SMILES string of the molecule is CCC(CCN)c1ccc(-c2c(C)nn(C)c2C)cc1. The Hall–Kier alpha value is -1.61. The van der Waals surface area contributed by atoms with Gasteiger partial charge in [0.2, 0.25) is 0 Å². The molecule has 0 spiro atoms. The molecule has 0 bridgehead atoms. The maximum Gasteiger partial charge on any atom is 0.0674 e. The van der Waals surface area contributed by atoms with E-state index in [1.165, 1.54) is 22.4 Å². The van der Waals surface area contributed by atoms with Crippen molar-refractivity contribution in [1.29, 1.82) is 0 Å². The summed E-state index contributed by atoms with van der Waals surface area (Å²) in [6, 6.07) is 8.91. The number of hydrogen-bond donors (Lipinski definition) is 1. The summed E-state index contributed by atoms with van der Waals surface area (Å²) in [6.07, 6.45) is 2.20. The first-order valence-corrected chi connectivity index (χ1v) is 7.39. The number of nitrogens with two attached hydrogens (primary N) is 1. The van der Waals surface area contributed by atoms with Gasteiger partial charge in [0.05, 0.1) is 5.69 Å². The molecule has 0 aliphatic carbocycles. The smallest absolute Gasteiger partial charge is 0.0674 e. The van der Waals surface area contributed by atoms with Crippen LogP contribution in [0.3, 0.4) is 0 Å². The molecule has 3 heteroatoms. The maximum atomic E-state index is 5.69. The predicted molar refractivity (Wildman–Crippen MR) is 84.8 cm³/mol. The molecule has 108 valence electrons. The first-order chi connectivity index (χ1) is 9.58. The molecule has 1 unspecified atom stereocenters. The number of hydrogen-bond acceptors (Lipinski definition) is 2. The quantitative estimate of drug-likeness (QED) is 0.904. The van der Waals surface area contributed by atoms with E-state index in [4.69, 9.17) is 5.73 Å². The van der Waals surface area contributed by atoms with Crippen LogP contribution in [0.4, 0.5) is 0 Å². The van der Waals surface area contributed by atoms with Crippen LogP contribution in [0, 0.1) is 13.8 Å². The van der Waals surface area contributed by atoms with Gasteiger partial charge in [0.1, 0.15) is 0 Å². The Morgan fingerprint density at radius 1 is 1.20 bits per heavy atom. The van der Waals surface area contributed by atoms with E-state index in [1.54, 1.807) is 0 Å². The van der Waals surface area contributed by atoms with Gasteiger partial charge in [-0.15, -0.1) is 0 Å². The normalized spacial score (nSPS) is 12.7. The van der Waals surface area contributed by atoms with Gasteiger partial charge in [0.15, 0.2) is 0 Å². The van der Waals surface area contributed by atoms with Crippen LogP contribution in [0.2, 0.25) is 0 Å². The molecule has 0 saturated heterocycles. The Balaban J connectivity index is 2.32. The highest BCUT2D eigenvalue weighted by molar-refractivity contribution is 5.68. The zero-order valence-corrected chi connectivity index (χ0v) is 13.0. The second-order valence-corrected chi connectivity index (χ2v) is 5.47. The lowest BCUT2D eigenvalue weighted by Gasteiger charge is -2.14. The van der Waals surface area contributed by atoms with Gasteiger partial charge in [-0.1, -0.05) is 31.2 Å². The third-order valence-electron chi connectivity index (χ3n) is 4.19. The van der Waals surface area contributed by atoms with Crippen LogP contribution in [0.25, 0.3) is 11.1 Å². The van der Waals surface area contributed by atoms with Crippen molar-refractivity contribution in [2.24, 2.45) is 12.8 Å². The summed E-state index contributed by atoms with van der Waals surface area (Å²) in [7, 11) is 1.99. The fraction of sp³-hybridized carbons (Fsp3) is 0.471. The molecule has 2 aromatic rings. The summed E-state index contributed by atoms with van der Waals surface area (Å²) in [5, 5.41) is 4.49. The first kappa shape index (κ1) is 14.8. The lowest BCUT2D eigenvalue weighted by Crippen LogP contribution is -2.06. The minimum absolute atomic E-state index is 0.574. The molecule has 0 radical (unpaired) electrons. The summed E-state index contributed by atoms with van der Waals surface area (Å²) in [5.41, 5.74) is 11.9. The zero-order chi connectivity index (χ0) is 14.7. The van der Waals surface area contributed by atoms with E-state index in [-0.39, 0.29) is 0 Å². The molecule has 1 aromatic heterocycles. The molecular formula is C17H25N3. The lowest BCUT2D eigenvalue weighted by molar-refractivity contribution is 0.614. The van der Waals surface area contributed by atoms with Crippen molar-refractivity contribution in [2.75, 3.05) is 6.54 Å². The summed E-state index contributed by atoms with van der Waals surface area (Å²) in [5.74, 6) is 0.574. The predicted octanol–water partition coefficient (Wildman–Crippen LogP) is 3.55. The highest BCUT2D eigenvalue weighted by Gasteiger charge is 2.13. The molecule has 0 amide bonds. The molecule has 0 fully saturated rings. The molecule has 0 aliphatic rings. The fourth-order valence-electron chi connectivity index (χ4n) is 2.92. The molecule has 0 aliphatic heterocycles. The fourth-order valence-corrected chi connectivity index (χ4v) is 2.92. The summed E-state index contributed by atoms with van der Waals surface area (Å²) in [4.78, 5) is 0. The van der Waals surface area contributed by atoms with Crippen molar-refractivity contribution in [3.63, 3.8) is 0 Å². The Kier molecular flexibility index (Phi) is 4.61. The number of aromatic nitrogens is 2. The molecule has 1 aromatic carbocycles. The second kappa shape index (κ2) is 6.23. The topological polar surface area (TPSA) is 43.8 Å². The van der Waals surface area contributed by atoms with Gasteiger partial charge in [-0.3, -0.25) is 4.68 Å². The monoisotopic (exact) mass is 271 g/mol. The third-order valence-corrected chi connectivity index (χ3v) is 4.19. The Bertz CT molecular complexity index is 567. The molecule has 2 rings (SSSR count). The van der Waals surface area contributed by atoms with Crippen molar-refractivity contribution >= 4 is 0 Å². The number of benzene rings is 1. The third kappa shape index (κ3) is 2.78. The summed E-state index contributed by atoms with van der Waals surface area (Å²) >= 11 is 0. The van der Waals surface area contributed by atoms with E-state index in [9.17, 15) is 0 Å². The highest BCUT2D eigenvalue weighted by Crippen LogP contribution is 2.29. The molecule has 20 heavy (non-hydrogen) atoms. The zero-order valence-electron chi connectivity index (χ0n) is 13.0. The maximum absolute atomic E-state index is 5.69. The van der Waals surface area contributed by atoms with Gasteiger partial charge < -0.3 is 5.73 Å². The summed E-state index contributed by atoms with van der Waals surface area (Å²) in [6.45, 7) is 7.16. The Labute approximate surface area is 121 Å². The van der Waals surface area contributed by atoms with Crippen molar-refractivity contribution in [1.82, 2.24) is 9.78 Å². The van der Waals surface area contributed by atoms with Crippen molar-refractivity contribution in [3.8, 4) is 11.1 Å². The van der Waals surface area contributed by atoms with Gasteiger partial charge >= 0.3 is 0 Å². The van der Waals surface area contributed by atoms with Crippen LogP contribution in [0.1, 0.15) is 42.6 Å². The van der Waals surface area contributed by atoms with Crippen LogP contribution in [0.15, 0.2) is 24.3 Å². The van der Waals surface area contributed by atoms with Crippen LogP contribution in [-0.2, 0) is 7.05 Å². The lowest BCUT2D eigenvalue weighted by atomic mass is 9.91. The molecule has 3 nitrogen and oxygen atoms in total. The first-order valence-electron chi connectivity index (χ1n) is 7.39. The van der Waals surface area contributed by atoms with E-state index in [0.717, 1.165) is 25.1 Å². The van der Waals surface area contributed by atoms with Gasteiger partial charge in [-0.2, -0.15) is 5.10 Å². The number of nitrogens with zero attached hydrogens (tertiary/aromatic N) is 2. The minimum Gasteiger partial charge on any atom is -0.330 e. The van der Waals surface area contributed by atoms with E-state index in [1.807, 2.05) is 11.7 Å². The Morgan fingerprint density at radius 2 is 1.85 bits per heavy atom. The molecule has 1 heterocycles. The van der Waals surface area contributed by atoms with Crippen LogP contribution >= 0.6 is 0 Å². The Morgan fingerprint density at radius 3 is 2.30 bits per heavy atom. The molecule has 0 saturated carbocycles. The average molecular weight is 271 g/mol. The van der Waals surface area contributed by atoms with Crippen LogP contribution in [-0.4, -0.2) is 16.3 Å². The average Bonchev–Trinajstić information content (AvgIpc) is 2.70. The van der Waals surface area contributed by atoms with Crippen LogP contribution < -0.4 is 5.73 Å². The molecule has 1 atom stereocenters. The van der Waals surface area contributed by atoms with Gasteiger partial charge in [0, 0.05) is 18.3 Å². The van der Waals surface area contributed by atoms with Gasteiger partial charge in [-0.05, 0) is 50.3 Å². The van der Waals surface area contributed by atoms with Crippen molar-refractivity contribution in [2.45, 2.75) is 39.5 Å².